The third kappa shape index (κ3) is 2.77. The number of hydrogen-bond acceptors (Lipinski definition) is 4. The van der Waals surface area contributed by atoms with E-state index < -0.39 is 11.6 Å². The molecule has 2 aromatic rings. The van der Waals surface area contributed by atoms with Crippen molar-refractivity contribution in [3.8, 4) is 0 Å². The van der Waals surface area contributed by atoms with E-state index in [0.717, 1.165) is 56.6 Å². The first kappa shape index (κ1) is 18.3. The molecule has 0 radical (unpaired) electrons. The normalized spacial score (nSPS) is 32.1. The number of benzene rings is 2. The lowest BCUT2D eigenvalue weighted by Crippen LogP contribution is -2.61. The Bertz CT molecular complexity index is 1020. The van der Waals surface area contributed by atoms with Crippen LogP contribution in [0.2, 0.25) is 0 Å². The van der Waals surface area contributed by atoms with Gasteiger partial charge in [0.1, 0.15) is 5.60 Å². The van der Waals surface area contributed by atoms with E-state index in [1.807, 2.05) is 12.1 Å². The van der Waals surface area contributed by atoms with Gasteiger partial charge in [0.15, 0.2) is 11.6 Å². The van der Waals surface area contributed by atoms with Gasteiger partial charge >= 0.3 is 0 Å². The van der Waals surface area contributed by atoms with Crippen molar-refractivity contribution in [3.63, 3.8) is 0 Å². The van der Waals surface area contributed by atoms with Gasteiger partial charge in [-0.15, -0.1) is 0 Å². The molecule has 2 aromatic carbocycles. The lowest BCUT2D eigenvalue weighted by atomic mass is 9.75. The molecule has 0 amide bonds. The van der Waals surface area contributed by atoms with Gasteiger partial charge in [-0.05, 0) is 61.2 Å². The van der Waals surface area contributed by atoms with Crippen molar-refractivity contribution < 1.29 is 13.5 Å². The van der Waals surface area contributed by atoms with Gasteiger partial charge < -0.3 is 9.64 Å². The third-order valence-corrected chi connectivity index (χ3v) is 7.39. The van der Waals surface area contributed by atoms with Crippen LogP contribution in [0.5, 0.6) is 0 Å². The van der Waals surface area contributed by atoms with Crippen molar-refractivity contribution in [2.45, 2.75) is 30.9 Å². The Morgan fingerprint density at radius 3 is 2.60 bits per heavy atom. The maximum atomic E-state index is 14.1. The Labute approximate surface area is 175 Å². The first-order valence-corrected chi connectivity index (χ1v) is 10.9. The average Bonchev–Trinajstić information content (AvgIpc) is 3.19. The molecule has 3 saturated heterocycles. The molecular formula is C24H25F2N3O. The zero-order valence-corrected chi connectivity index (χ0v) is 16.9. The molecule has 5 aliphatic heterocycles. The highest BCUT2D eigenvalue weighted by molar-refractivity contribution is 5.78. The lowest BCUT2D eigenvalue weighted by Gasteiger charge is -2.50. The molecule has 5 heterocycles. The minimum absolute atomic E-state index is 0.221. The van der Waals surface area contributed by atoms with Gasteiger partial charge in [0.2, 0.25) is 0 Å². The van der Waals surface area contributed by atoms with E-state index in [4.69, 9.17) is 9.73 Å². The second kappa shape index (κ2) is 6.77. The van der Waals surface area contributed by atoms with Crippen LogP contribution in [-0.2, 0) is 11.2 Å². The molecule has 0 aliphatic carbocycles. The van der Waals surface area contributed by atoms with Gasteiger partial charge in [-0.1, -0.05) is 30.3 Å². The number of aliphatic imine (C=N–C) groups is 1. The quantitative estimate of drug-likeness (QED) is 0.718. The van der Waals surface area contributed by atoms with E-state index in [9.17, 15) is 8.78 Å². The summed E-state index contributed by atoms with van der Waals surface area (Å²) in [4.78, 5) is 9.51. The molecule has 0 aromatic heterocycles. The maximum Gasteiger partial charge on any atom is 0.288 e. The van der Waals surface area contributed by atoms with E-state index in [2.05, 4.69) is 21.9 Å². The van der Waals surface area contributed by atoms with Crippen LogP contribution in [0.4, 0.5) is 8.78 Å². The molecular weight excluding hydrogens is 384 g/mol. The molecule has 2 bridgehead atoms. The number of nitrogens with zero attached hydrogens (tertiary/aromatic N) is 3. The zero-order chi connectivity index (χ0) is 20.3. The van der Waals surface area contributed by atoms with Crippen LogP contribution in [0.15, 0.2) is 47.5 Å². The van der Waals surface area contributed by atoms with Gasteiger partial charge in [0.25, 0.3) is 6.02 Å². The predicted molar refractivity (Wildman–Crippen MR) is 110 cm³/mol. The number of fused-ring (bicyclic) bond motifs is 3. The van der Waals surface area contributed by atoms with Crippen molar-refractivity contribution in [1.29, 1.82) is 0 Å². The van der Waals surface area contributed by atoms with E-state index in [1.54, 1.807) is 6.07 Å². The van der Waals surface area contributed by atoms with Crippen LogP contribution in [-0.4, -0.2) is 54.1 Å². The summed E-state index contributed by atoms with van der Waals surface area (Å²) < 4.78 is 34.4. The second-order valence-corrected chi connectivity index (χ2v) is 9.03. The van der Waals surface area contributed by atoms with Crippen molar-refractivity contribution in [2.75, 3.05) is 32.7 Å². The Balaban J connectivity index is 1.37. The second-order valence-electron chi connectivity index (χ2n) is 9.03. The molecule has 0 saturated carbocycles. The Hall–Kier alpha value is -2.47. The molecule has 2 atom stereocenters. The molecule has 3 fully saturated rings. The summed E-state index contributed by atoms with van der Waals surface area (Å²) in [6.07, 6.45) is 3.21. The summed E-state index contributed by atoms with van der Waals surface area (Å²) in [7, 11) is 0. The fourth-order valence-corrected chi connectivity index (χ4v) is 5.83. The third-order valence-electron chi connectivity index (χ3n) is 7.39. The van der Waals surface area contributed by atoms with Crippen LogP contribution in [0, 0.1) is 17.6 Å². The smallest absolute Gasteiger partial charge is 0.288 e. The summed E-state index contributed by atoms with van der Waals surface area (Å²) in [5.41, 5.74) is 2.85. The number of halogens is 2. The predicted octanol–water partition coefficient (Wildman–Crippen LogP) is 3.76. The molecule has 156 valence electrons. The van der Waals surface area contributed by atoms with Gasteiger partial charge in [0.05, 0.1) is 12.6 Å². The number of hydrogen-bond donors (Lipinski definition) is 0. The SMILES string of the molecule is Fc1ccc([C@H]2c3ccccc3CCN2C2=NC[C@]3(CN4CCC3CC4)O2)cc1F. The fourth-order valence-electron chi connectivity index (χ4n) is 5.83. The Kier molecular flexibility index (Phi) is 4.13. The minimum atomic E-state index is -0.824. The van der Waals surface area contributed by atoms with Crippen LogP contribution < -0.4 is 0 Å². The molecule has 0 unspecified atom stereocenters. The van der Waals surface area contributed by atoms with Crippen LogP contribution in [0.3, 0.4) is 0 Å². The zero-order valence-electron chi connectivity index (χ0n) is 16.9. The number of rotatable bonds is 1. The monoisotopic (exact) mass is 409 g/mol. The van der Waals surface area contributed by atoms with Gasteiger partial charge in [0, 0.05) is 19.0 Å². The topological polar surface area (TPSA) is 28.1 Å². The van der Waals surface area contributed by atoms with Crippen LogP contribution in [0.25, 0.3) is 0 Å². The number of ether oxygens (including phenoxy) is 1. The average molecular weight is 409 g/mol. The summed E-state index contributed by atoms with van der Waals surface area (Å²) >= 11 is 0. The molecule has 5 aliphatic rings. The molecule has 6 heteroatoms. The molecule has 0 N–H and O–H groups in total. The number of amidine groups is 1. The maximum absolute atomic E-state index is 14.1. The standard InChI is InChI=1S/C24H25F2N3O/c25-20-6-5-17(13-21(20)26)22-19-4-2-1-3-16(19)7-12-29(22)23-27-14-24(30-23)15-28-10-8-18(24)9-11-28/h1-6,13,18,22H,7-12,14-15H2/t22-,24+/m0/s1. The van der Waals surface area contributed by atoms with Crippen molar-refractivity contribution >= 4 is 6.02 Å². The highest BCUT2D eigenvalue weighted by Gasteiger charge is 2.53. The van der Waals surface area contributed by atoms with Gasteiger partial charge in [-0.25, -0.2) is 13.8 Å². The van der Waals surface area contributed by atoms with E-state index in [1.165, 1.54) is 17.7 Å². The number of piperidine rings is 3. The summed E-state index contributed by atoms with van der Waals surface area (Å²) in [6, 6.07) is 12.9. The molecule has 4 nitrogen and oxygen atoms in total. The van der Waals surface area contributed by atoms with Crippen molar-refractivity contribution in [3.05, 3.63) is 70.8 Å². The van der Waals surface area contributed by atoms with Gasteiger partial charge in [-0.2, -0.15) is 0 Å². The highest BCUT2D eigenvalue weighted by Crippen LogP contribution is 2.43. The molecule has 30 heavy (non-hydrogen) atoms. The largest absolute Gasteiger partial charge is 0.455 e. The summed E-state index contributed by atoms with van der Waals surface area (Å²) in [5.74, 6) is -1.10. The summed E-state index contributed by atoms with van der Waals surface area (Å²) in [6.45, 7) is 4.67. The van der Waals surface area contributed by atoms with Crippen molar-refractivity contribution in [2.24, 2.45) is 10.9 Å². The van der Waals surface area contributed by atoms with E-state index >= 15 is 0 Å². The first-order valence-electron chi connectivity index (χ1n) is 10.9. The Morgan fingerprint density at radius 1 is 1.00 bits per heavy atom. The first-order chi connectivity index (χ1) is 14.6. The van der Waals surface area contributed by atoms with Crippen molar-refractivity contribution in [1.82, 2.24) is 9.80 Å². The summed E-state index contributed by atoms with van der Waals surface area (Å²) in [5, 5.41) is 0. The Morgan fingerprint density at radius 2 is 1.83 bits per heavy atom. The van der Waals surface area contributed by atoms with Gasteiger partial charge in [-0.3, -0.25) is 4.90 Å². The van der Waals surface area contributed by atoms with E-state index in [0.29, 0.717) is 18.5 Å². The molecule has 1 spiro atoms. The van der Waals surface area contributed by atoms with E-state index in [-0.39, 0.29) is 11.6 Å². The van der Waals surface area contributed by atoms with Crippen LogP contribution >= 0.6 is 0 Å². The van der Waals surface area contributed by atoms with Crippen LogP contribution in [0.1, 0.15) is 35.6 Å². The highest BCUT2D eigenvalue weighted by atomic mass is 19.2. The lowest BCUT2D eigenvalue weighted by molar-refractivity contribution is -0.0895. The molecule has 7 rings (SSSR count). The minimum Gasteiger partial charge on any atom is -0.455 e. The fraction of sp³-hybridized carbons (Fsp3) is 0.458.